The standard InChI is InChI=1S/C28H19F3N6O3S/c1-40-22-12-32-5-3-15(22)17-9-24(37-7-4-16(26(30)31)25(29)21(37)13-38)34-11-18(17)27(39)36-28-35-20-8-14-2-6-33-19(14)10-23(20)41-28/h3-5,7-12,26,33H,2,6H2,1H3,(H,35,36,39). The molecule has 41 heavy (non-hydrogen) atoms. The lowest BCUT2D eigenvalue weighted by atomic mass is 10.0. The minimum Gasteiger partial charge on any atom is -0.494 e. The third kappa shape index (κ3) is 4.71. The van der Waals surface area contributed by atoms with Crippen molar-refractivity contribution in [2.45, 2.75) is 12.8 Å². The Bertz CT molecular complexity index is 1790. The van der Waals surface area contributed by atoms with Gasteiger partial charge in [-0.05, 0) is 42.3 Å². The molecule has 2 N–H and O–H groups in total. The highest BCUT2D eigenvalue weighted by Gasteiger charge is 2.29. The van der Waals surface area contributed by atoms with E-state index in [0.717, 1.165) is 51.6 Å². The summed E-state index contributed by atoms with van der Waals surface area (Å²) in [4.78, 5) is 39.0. The minimum atomic E-state index is -3.13. The smallest absolute Gasteiger partial charge is 0.266 e. The Morgan fingerprint density at radius 3 is 2.88 bits per heavy atom. The van der Waals surface area contributed by atoms with E-state index in [9.17, 15) is 22.8 Å². The number of nitrogens with zero attached hydrogens (tertiary/aromatic N) is 4. The normalized spacial score (nSPS) is 14.4. The molecule has 0 unspecified atom stereocenters. The molecule has 0 aliphatic carbocycles. The second-order valence-electron chi connectivity index (χ2n) is 9.00. The van der Waals surface area contributed by atoms with Gasteiger partial charge in [0.1, 0.15) is 11.6 Å². The van der Waals surface area contributed by atoms with E-state index in [-0.39, 0.29) is 11.4 Å². The average molecular weight is 577 g/mol. The molecule has 4 aromatic rings. The molecule has 0 atom stereocenters. The quantitative estimate of drug-likeness (QED) is 0.289. The van der Waals surface area contributed by atoms with Crippen LogP contribution in [0.1, 0.15) is 15.9 Å². The summed E-state index contributed by atoms with van der Waals surface area (Å²) < 4.78 is 47.5. The Balaban J connectivity index is 1.40. The van der Waals surface area contributed by atoms with Gasteiger partial charge in [0.15, 0.2) is 22.6 Å². The van der Waals surface area contributed by atoms with E-state index in [1.54, 1.807) is 6.07 Å². The zero-order valence-corrected chi connectivity index (χ0v) is 22.1. The molecule has 0 spiro atoms. The van der Waals surface area contributed by atoms with E-state index in [2.05, 4.69) is 25.6 Å². The molecule has 3 aromatic heterocycles. The summed E-state index contributed by atoms with van der Waals surface area (Å²) in [6.45, 7) is 0.869. The van der Waals surface area contributed by atoms with Crippen LogP contribution >= 0.6 is 11.3 Å². The maximum atomic E-state index is 14.7. The molecule has 0 saturated carbocycles. The number of aromatic nitrogens is 3. The molecule has 2 aliphatic rings. The van der Waals surface area contributed by atoms with Gasteiger partial charge in [-0.15, -0.1) is 0 Å². The Morgan fingerprint density at radius 1 is 1.24 bits per heavy atom. The van der Waals surface area contributed by atoms with Crippen molar-refractivity contribution in [2.75, 3.05) is 29.2 Å². The lowest BCUT2D eigenvalue weighted by molar-refractivity contribution is 0.102. The predicted octanol–water partition coefficient (Wildman–Crippen LogP) is 5.52. The summed E-state index contributed by atoms with van der Waals surface area (Å²) in [6.07, 6.45) is 3.90. The van der Waals surface area contributed by atoms with Gasteiger partial charge in [-0.25, -0.2) is 27.9 Å². The van der Waals surface area contributed by atoms with E-state index in [1.165, 1.54) is 49.0 Å². The molecule has 0 radical (unpaired) electrons. The lowest BCUT2D eigenvalue weighted by Crippen LogP contribution is -2.23. The number of anilines is 3. The Morgan fingerprint density at radius 2 is 2.10 bits per heavy atom. The number of carbonyl (C=O) groups excluding carboxylic acids is 2. The average Bonchev–Trinajstić information content (AvgIpc) is 3.60. The van der Waals surface area contributed by atoms with Gasteiger partial charge in [0.05, 0.1) is 34.7 Å². The summed E-state index contributed by atoms with van der Waals surface area (Å²) in [7, 11) is 1.43. The Hall–Kier alpha value is -5.00. The molecule has 13 heteroatoms. The van der Waals surface area contributed by atoms with Crippen LogP contribution in [-0.4, -0.2) is 46.9 Å². The molecular formula is C28H19F3N6O3S. The van der Waals surface area contributed by atoms with Gasteiger partial charge in [-0.2, -0.15) is 0 Å². The Kier molecular flexibility index (Phi) is 6.73. The first kappa shape index (κ1) is 26.2. The van der Waals surface area contributed by atoms with Crippen molar-refractivity contribution in [2.24, 2.45) is 0 Å². The van der Waals surface area contributed by atoms with Crippen molar-refractivity contribution in [3.05, 3.63) is 83.4 Å². The number of methoxy groups -OCH3 is 1. The number of halogens is 3. The third-order valence-corrected chi connectivity index (χ3v) is 7.59. The molecule has 1 amide bonds. The largest absolute Gasteiger partial charge is 0.494 e. The third-order valence-electron chi connectivity index (χ3n) is 6.66. The van der Waals surface area contributed by atoms with Gasteiger partial charge in [0.2, 0.25) is 0 Å². The number of fused-ring (bicyclic) bond motifs is 2. The first-order valence-electron chi connectivity index (χ1n) is 12.3. The number of hydrogen-bond acceptors (Lipinski definition) is 9. The fraction of sp³-hybridized carbons (Fsp3) is 0.143. The van der Waals surface area contributed by atoms with Crippen LogP contribution in [0, 0.1) is 0 Å². The highest BCUT2D eigenvalue weighted by atomic mass is 32.1. The van der Waals surface area contributed by atoms with E-state index >= 15 is 0 Å². The van der Waals surface area contributed by atoms with E-state index in [4.69, 9.17) is 4.74 Å². The van der Waals surface area contributed by atoms with E-state index < -0.39 is 29.4 Å². The number of allylic oxidation sites excluding steroid dienone is 3. The van der Waals surface area contributed by atoms with Gasteiger partial charge in [-0.3, -0.25) is 20.0 Å². The number of pyridine rings is 2. The second-order valence-corrected chi connectivity index (χ2v) is 10.0. The van der Waals surface area contributed by atoms with Crippen LogP contribution in [-0.2, 0) is 11.2 Å². The highest BCUT2D eigenvalue weighted by Crippen LogP contribution is 2.38. The summed E-state index contributed by atoms with van der Waals surface area (Å²) in [5.41, 5.74) is 2.13. The summed E-state index contributed by atoms with van der Waals surface area (Å²) >= 11 is 1.32. The van der Waals surface area contributed by atoms with Crippen molar-refractivity contribution >= 4 is 50.0 Å². The summed E-state index contributed by atoms with van der Waals surface area (Å²) in [5.74, 6) is -0.263. The number of carbonyl (C=O) groups is 1. The van der Waals surface area contributed by atoms with Crippen LogP contribution in [0.3, 0.4) is 0 Å². The number of nitrogens with one attached hydrogen (secondary N) is 2. The minimum absolute atomic E-state index is 0.0181. The summed E-state index contributed by atoms with van der Waals surface area (Å²) in [5, 5.41) is 6.52. The first-order valence-corrected chi connectivity index (χ1v) is 13.1. The van der Waals surface area contributed by atoms with Gasteiger partial charge < -0.3 is 10.1 Å². The van der Waals surface area contributed by atoms with Crippen LogP contribution < -0.4 is 20.3 Å². The maximum absolute atomic E-state index is 14.7. The number of ether oxygens (including phenoxy) is 1. The molecule has 0 bridgehead atoms. The topological polar surface area (TPSA) is 109 Å². The van der Waals surface area contributed by atoms with E-state index in [0.29, 0.717) is 22.0 Å². The molecule has 2 aliphatic heterocycles. The van der Waals surface area contributed by atoms with Crippen molar-refractivity contribution in [1.29, 1.82) is 0 Å². The SMILES string of the molecule is COc1cnccc1-c1cc(N2C=CC(C(F)F)=C(F)C2=C=O)ncc1C(=O)Nc1nc2cc3c(cc2s1)NCC3. The fourth-order valence-electron chi connectivity index (χ4n) is 4.68. The lowest BCUT2D eigenvalue weighted by Gasteiger charge is -2.24. The molecule has 0 fully saturated rings. The molecule has 9 nitrogen and oxygen atoms in total. The summed E-state index contributed by atoms with van der Waals surface area (Å²) in [6, 6.07) is 7.03. The second kappa shape index (κ2) is 10.5. The zero-order chi connectivity index (χ0) is 28.7. The molecule has 5 heterocycles. The van der Waals surface area contributed by atoms with Crippen LogP contribution in [0.4, 0.5) is 29.8 Å². The fourth-order valence-corrected chi connectivity index (χ4v) is 5.56. The number of rotatable bonds is 6. The predicted molar refractivity (Wildman–Crippen MR) is 149 cm³/mol. The number of alkyl halides is 2. The maximum Gasteiger partial charge on any atom is 0.266 e. The van der Waals surface area contributed by atoms with Gasteiger partial charge in [-0.1, -0.05) is 11.3 Å². The van der Waals surface area contributed by atoms with Gasteiger partial charge >= 0.3 is 0 Å². The van der Waals surface area contributed by atoms with Crippen molar-refractivity contribution < 1.29 is 27.5 Å². The highest BCUT2D eigenvalue weighted by molar-refractivity contribution is 7.22. The molecular weight excluding hydrogens is 557 g/mol. The number of benzene rings is 1. The Labute approximate surface area is 234 Å². The van der Waals surface area contributed by atoms with Crippen molar-refractivity contribution in [3.63, 3.8) is 0 Å². The monoisotopic (exact) mass is 576 g/mol. The first-order chi connectivity index (χ1) is 19.9. The number of amides is 1. The van der Waals surface area contributed by atoms with Crippen LogP contribution in [0.15, 0.2) is 72.2 Å². The van der Waals surface area contributed by atoms with Crippen LogP contribution in [0.2, 0.25) is 0 Å². The van der Waals surface area contributed by atoms with E-state index in [1.807, 2.05) is 12.1 Å². The molecule has 6 rings (SSSR count). The van der Waals surface area contributed by atoms with Crippen molar-refractivity contribution in [1.82, 2.24) is 15.0 Å². The van der Waals surface area contributed by atoms with Crippen LogP contribution in [0.5, 0.6) is 5.75 Å². The van der Waals surface area contributed by atoms with Gasteiger partial charge in [0.25, 0.3) is 12.3 Å². The van der Waals surface area contributed by atoms with Crippen molar-refractivity contribution in [3.8, 4) is 16.9 Å². The number of thiazole rings is 1. The van der Waals surface area contributed by atoms with Crippen LogP contribution in [0.25, 0.3) is 21.3 Å². The molecule has 206 valence electrons. The molecule has 1 aromatic carbocycles. The number of hydrogen-bond donors (Lipinski definition) is 2. The zero-order valence-electron chi connectivity index (χ0n) is 21.2. The van der Waals surface area contributed by atoms with Gasteiger partial charge in [0, 0.05) is 42.0 Å². The molecule has 0 saturated heterocycles.